The lowest BCUT2D eigenvalue weighted by Gasteiger charge is -2.40. The van der Waals surface area contributed by atoms with E-state index in [-0.39, 0.29) is 0 Å². The minimum absolute atomic E-state index is 0.510. The molecule has 0 spiro atoms. The minimum Gasteiger partial charge on any atom is -0.388 e. The van der Waals surface area contributed by atoms with Crippen LogP contribution in [0.3, 0.4) is 0 Å². The second-order valence-corrected chi connectivity index (χ2v) is 7.06. The maximum absolute atomic E-state index is 13.8. The number of halogens is 13. The van der Waals surface area contributed by atoms with Crippen LogP contribution in [-0.4, -0.2) is 40.9 Å². The van der Waals surface area contributed by atoms with Gasteiger partial charge in [0, 0.05) is 6.42 Å². The predicted octanol–water partition coefficient (Wildman–Crippen LogP) is 7.19. The Morgan fingerprint density at radius 3 is 1.53 bits per heavy atom. The van der Waals surface area contributed by atoms with Crippen LogP contribution in [0.2, 0.25) is 0 Å². The Bertz CT molecular complexity index is 753. The maximum atomic E-state index is 13.8. The monoisotopic (exact) mass is 496 g/mol. The highest BCUT2D eigenvalue weighted by Gasteiger charge is 2.90. The first-order chi connectivity index (χ1) is 14.2. The number of benzene rings is 1. The van der Waals surface area contributed by atoms with Gasteiger partial charge in [0.1, 0.15) is 0 Å². The Morgan fingerprint density at radius 2 is 1.12 bits per heavy atom. The van der Waals surface area contributed by atoms with Crippen LogP contribution in [0.4, 0.5) is 57.1 Å². The molecule has 0 aliphatic heterocycles. The minimum atomic E-state index is -7.95. The number of alkyl halides is 13. The highest BCUT2D eigenvalue weighted by atomic mass is 19.4. The third kappa shape index (κ3) is 4.79. The van der Waals surface area contributed by atoms with E-state index in [9.17, 15) is 62.2 Å². The van der Waals surface area contributed by atoms with Crippen LogP contribution >= 0.6 is 0 Å². The molecule has 0 saturated carbocycles. The number of aliphatic hydroxyl groups is 1. The van der Waals surface area contributed by atoms with Gasteiger partial charge >= 0.3 is 35.8 Å². The second kappa shape index (κ2) is 8.90. The van der Waals surface area contributed by atoms with Gasteiger partial charge in [0.2, 0.25) is 0 Å². The molecule has 32 heavy (non-hydrogen) atoms. The molecule has 14 heteroatoms. The summed E-state index contributed by atoms with van der Waals surface area (Å²) in [7, 11) is 0. The third-order valence-electron chi connectivity index (χ3n) is 4.63. The Labute approximate surface area is 173 Å². The van der Waals surface area contributed by atoms with Crippen molar-refractivity contribution >= 4 is 0 Å². The normalized spacial score (nSPS) is 15.7. The van der Waals surface area contributed by atoms with E-state index < -0.39 is 53.9 Å². The van der Waals surface area contributed by atoms with Crippen molar-refractivity contribution in [2.24, 2.45) is 0 Å². The largest absolute Gasteiger partial charge is 0.460 e. The molecular weight excluding hydrogens is 479 g/mol. The van der Waals surface area contributed by atoms with Gasteiger partial charge in [0.25, 0.3) is 0 Å². The number of unbranched alkanes of at least 4 members (excludes halogenated alkanes) is 1. The summed E-state index contributed by atoms with van der Waals surface area (Å²) in [4.78, 5) is 0. The average Bonchev–Trinajstić information content (AvgIpc) is 2.64. The Balaban J connectivity index is 3.22. The Kier molecular flexibility index (Phi) is 7.87. The van der Waals surface area contributed by atoms with Crippen LogP contribution in [0.5, 0.6) is 0 Å². The molecule has 186 valence electrons. The summed E-state index contributed by atoms with van der Waals surface area (Å²) in [6, 6.07) is 4.46. The summed E-state index contributed by atoms with van der Waals surface area (Å²) in [6.07, 6.45) is -10.8. The second-order valence-electron chi connectivity index (χ2n) is 7.06. The van der Waals surface area contributed by atoms with Gasteiger partial charge in [-0.15, -0.1) is 0 Å². The zero-order valence-electron chi connectivity index (χ0n) is 16.1. The first-order valence-corrected chi connectivity index (χ1v) is 8.90. The van der Waals surface area contributed by atoms with E-state index in [0.29, 0.717) is 18.4 Å². The first-order valence-electron chi connectivity index (χ1n) is 8.90. The van der Waals surface area contributed by atoms with E-state index in [0.717, 1.165) is 18.6 Å². The maximum Gasteiger partial charge on any atom is 0.460 e. The average molecular weight is 496 g/mol. The molecule has 1 nitrogen and oxygen atoms in total. The third-order valence-corrected chi connectivity index (χ3v) is 4.63. The number of aliphatic hydroxyl groups excluding tert-OH is 1. The summed E-state index contributed by atoms with van der Waals surface area (Å²) in [6.45, 7) is 1.85. The summed E-state index contributed by atoms with van der Waals surface area (Å²) in [5.41, 5.74) is 0.0943. The molecule has 1 unspecified atom stereocenters. The molecule has 0 aliphatic rings. The highest BCUT2D eigenvalue weighted by molar-refractivity contribution is 5.25. The molecule has 0 radical (unpaired) electrons. The van der Waals surface area contributed by atoms with Crippen molar-refractivity contribution in [2.75, 3.05) is 0 Å². The van der Waals surface area contributed by atoms with Crippen LogP contribution in [0.15, 0.2) is 24.3 Å². The number of aryl methyl sites for hydroxylation is 1. The highest BCUT2D eigenvalue weighted by Crippen LogP contribution is 2.61. The van der Waals surface area contributed by atoms with Crippen molar-refractivity contribution in [2.45, 2.75) is 74.5 Å². The summed E-state index contributed by atoms with van der Waals surface area (Å²) < 4.78 is 170. The van der Waals surface area contributed by atoms with Gasteiger partial charge in [-0.2, -0.15) is 57.1 Å². The van der Waals surface area contributed by atoms with Crippen molar-refractivity contribution in [3.05, 3.63) is 35.4 Å². The van der Waals surface area contributed by atoms with Crippen molar-refractivity contribution in [3.63, 3.8) is 0 Å². The molecule has 0 bridgehead atoms. The van der Waals surface area contributed by atoms with E-state index in [1.165, 1.54) is 12.1 Å². The van der Waals surface area contributed by atoms with E-state index >= 15 is 0 Å². The van der Waals surface area contributed by atoms with Gasteiger partial charge in [-0.1, -0.05) is 37.6 Å². The van der Waals surface area contributed by atoms with Gasteiger partial charge in [-0.3, -0.25) is 0 Å². The van der Waals surface area contributed by atoms with E-state index in [4.69, 9.17) is 0 Å². The zero-order valence-corrected chi connectivity index (χ0v) is 16.1. The fourth-order valence-electron chi connectivity index (χ4n) is 2.58. The Hall–Kier alpha value is -1.73. The lowest BCUT2D eigenvalue weighted by Crippen LogP contribution is -2.70. The molecule has 1 rings (SSSR count). The van der Waals surface area contributed by atoms with Gasteiger partial charge < -0.3 is 5.11 Å². The van der Waals surface area contributed by atoms with Gasteiger partial charge in [-0.05, 0) is 24.0 Å². The molecule has 0 amide bonds. The summed E-state index contributed by atoms with van der Waals surface area (Å²) in [5.74, 6) is -37.3. The van der Waals surface area contributed by atoms with E-state index in [2.05, 4.69) is 0 Å². The van der Waals surface area contributed by atoms with Crippen LogP contribution in [0.1, 0.15) is 43.4 Å². The molecular formula is C18H17F13O. The van der Waals surface area contributed by atoms with Crippen molar-refractivity contribution in [1.29, 1.82) is 0 Å². The van der Waals surface area contributed by atoms with Crippen LogP contribution in [0.25, 0.3) is 0 Å². The lowest BCUT2D eigenvalue weighted by atomic mass is 9.90. The molecule has 0 aliphatic carbocycles. The smallest absolute Gasteiger partial charge is 0.388 e. The first kappa shape index (κ1) is 28.3. The molecule has 0 fully saturated rings. The topological polar surface area (TPSA) is 20.2 Å². The fraction of sp³-hybridized carbons (Fsp3) is 0.667. The van der Waals surface area contributed by atoms with Gasteiger partial charge in [0.15, 0.2) is 0 Å². The molecule has 0 heterocycles. The summed E-state index contributed by atoms with van der Waals surface area (Å²) in [5, 5.41) is 9.67. The quantitative estimate of drug-likeness (QED) is 0.340. The van der Waals surface area contributed by atoms with E-state index in [1.54, 1.807) is 0 Å². The molecule has 0 saturated heterocycles. The SMILES string of the molecule is CCCCc1ccc(C(O)CC(F)(F)C(F)(F)C(F)(F)C(F)(F)C(F)(F)C(F)(F)F)cc1. The van der Waals surface area contributed by atoms with Gasteiger partial charge in [-0.25, -0.2) is 0 Å². The van der Waals surface area contributed by atoms with Crippen molar-refractivity contribution in [1.82, 2.24) is 0 Å². The van der Waals surface area contributed by atoms with Crippen LogP contribution in [0, 0.1) is 0 Å². The molecule has 1 atom stereocenters. The van der Waals surface area contributed by atoms with Gasteiger partial charge in [0.05, 0.1) is 6.10 Å². The van der Waals surface area contributed by atoms with E-state index in [1.807, 2.05) is 6.92 Å². The summed E-state index contributed by atoms with van der Waals surface area (Å²) >= 11 is 0. The number of rotatable bonds is 10. The van der Waals surface area contributed by atoms with Crippen LogP contribution in [-0.2, 0) is 6.42 Å². The van der Waals surface area contributed by atoms with Crippen LogP contribution < -0.4 is 0 Å². The van der Waals surface area contributed by atoms with Crippen molar-refractivity contribution in [3.8, 4) is 0 Å². The van der Waals surface area contributed by atoms with Crippen molar-refractivity contribution < 1.29 is 62.2 Å². The lowest BCUT2D eigenvalue weighted by molar-refractivity contribution is -0.440. The Morgan fingerprint density at radius 1 is 0.688 bits per heavy atom. The molecule has 0 aromatic heterocycles. The zero-order chi connectivity index (χ0) is 25.4. The predicted molar refractivity (Wildman–Crippen MR) is 85.4 cm³/mol. The molecule has 1 aromatic rings. The number of hydrogen-bond donors (Lipinski definition) is 1. The molecule has 1 aromatic carbocycles. The standard InChI is InChI=1S/C18H17F13O/c1-2-3-4-10-5-7-11(8-6-10)12(32)9-13(19,20)14(21,22)15(23,24)16(25,26)17(27,28)18(29,30)31/h5-8,12,32H,2-4,9H2,1H3. The number of hydrogen-bond acceptors (Lipinski definition) is 1. The molecule has 1 N–H and O–H groups in total. The fourth-order valence-corrected chi connectivity index (χ4v) is 2.58.